The third kappa shape index (κ3) is 4.31. The third-order valence-electron chi connectivity index (χ3n) is 6.70. The molecular formula is C21H36O2. The molecule has 0 unspecified atom stereocenters. The van der Waals surface area contributed by atoms with Crippen LogP contribution in [0.3, 0.4) is 0 Å². The van der Waals surface area contributed by atoms with Crippen molar-refractivity contribution in [1.82, 2.24) is 0 Å². The van der Waals surface area contributed by atoms with E-state index in [1.807, 2.05) is 0 Å². The van der Waals surface area contributed by atoms with Gasteiger partial charge in [0.05, 0.1) is 12.0 Å². The summed E-state index contributed by atoms with van der Waals surface area (Å²) in [5.41, 5.74) is -0.0606. The molecule has 4 rings (SSSR count). The number of hydrogen-bond acceptors (Lipinski definition) is 2. The van der Waals surface area contributed by atoms with Crippen LogP contribution in [-0.2, 0) is 9.53 Å². The number of carbonyl (C=O) groups is 1. The summed E-state index contributed by atoms with van der Waals surface area (Å²) in [5.74, 6) is 2.66. The summed E-state index contributed by atoms with van der Waals surface area (Å²) in [6.07, 6.45) is 18.0. The highest BCUT2D eigenvalue weighted by Crippen LogP contribution is 2.60. The van der Waals surface area contributed by atoms with E-state index < -0.39 is 0 Å². The number of esters is 1. The van der Waals surface area contributed by atoms with Crippen LogP contribution in [0.1, 0.15) is 96.8 Å². The molecular weight excluding hydrogens is 284 g/mol. The molecule has 0 saturated heterocycles. The topological polar surface area (TPSA) is 26.3 Å². The Morgan fingerprint density at radius 2 is 1.30 bits per heavy atom. The lowest BCUT2D eigenvalue weighted by molar-refractivity contribution is -0.171. The van der Waals surface area contributed by atoms with Crippen molar-refractivity contribution in [2.75, 3.05) is 6.61 Å². The zero-order valence-electron chi connectivity index (χ0n) is 15.2. The van der Waals surface area contributed by atoms with E-state index in [4.69, 9.17) is 4.74 Å². The van der Waals surface area contributed by atoms with Gasteiger partial charge in [0.2, 0.25) is 0 Å². The summed E-state index contributed by atoms with van der Waals surface area (Å²) in [4.78, 5) is 12.7. The first-order valence-corrected chi connectivity index (χ1v) is 10.4. The second kappa shape index (κ2) is 8.03. The first-order chi connectivity index (χ1) is 11.2. The largest absolute Gasteiger partial charge is 0.465 e. The molecule has 0 aromatic rings. The summed E-state index contributed by atoms with van der Waals surface area (Å²) in [5, 5.41) is 0. The van der Waals surface area contributed by atoms with Crippen molar-refractivity contribution in [1.29, 1.82) is 0 Å². The average Bonchev–Trinajstić information content (AvgIpc) is 2.52. The molecule has 0 heterocycles. The summed E-state index contributed by atoms with van der Waals surface area (Å²) in [6.45, 7) is 2.92. The zero-order valence-corrected chi connectivity index (χ0v) is 15.2. The van der Waals surface area contributed by atoms with Crippen molar-refractivity contribution in [3.8, 4) is 0 Å². The molecule has 0 aromatic heterocycles. The van der Waals surface area contributed by atoms with E-state index in [-0.39, 0.29) is 11.4 Å². The van der Waals surface area contributed by atoms with Gasteiger partial charge in [-0.25, -0.2) is 0 Å². The van der Waals surface area contributed by atoms with E-state index >= 15 is 0 Å². The maximum absolute atomic E-state index is 12.7. The minimum absolute atomic E-state index is 0.0606. The van der Waals surface area contributed by atoms with Crippen LogP contribution in [0.15, 0.2) is 0 Å². The van der Waals surface area contributed by atoms with Gasteiger partial charge in [-0.2, -0.15) is 0 Å². The SMILES string of the molecule is CCCCCCCCCCOC(=O)C12CC3CC(CC(C3)C1)C2. The molecule has 4 fully saturated rings. The average molecular weight is 321 g/mol. The lowest BCUT2D eigenvalue weighted by Gasteiger charge is -2.55. The molecule has 0 amide bonds. The molecule has 0 atom stereocenters. The van der Waals surface area contributed by atoms with Crippen molar-refractivity contribution >= 4 is 5.97 Å². The fourth-order valence-corrected chi connectivity index (χ4v) is 5.91. The molecule has 4 aliphatic carbocycles. The Hall–Kier alpha value is -0.530. The Kier molecular flexibility index (Phi) is 6.04. The van der Waals surface area contributed by atoms with Crippen molar-refractivity contribution in [3.63, 3.8) is 0 Å². The van der Waals surface area contributed by atoms with Gasteiger partial charge in [0.25, 0.3) is 0 Å². The van der Waals surface area contributed by atoms with Crippen LogP contribution in [0.5, 0.6) is 0 Å². The normalized spacial score (nSPS) is 34.7. The van der Waals surface area contributed by atoms with Gasteiger partial charge in [-0.05, 0) is 62.7 Å². The van der Waals surface area contributed by atoms with Gasteiger partial charge in [-0.1, -0.05) is 51.9 Å². The van der Waals surface area contributed by atoms with Crippen LogP contribution >= 0.6 is 0 Å². The van der Waals surface area contributed by atoms with Crippen LogP contribution < -0.4 is 0 Å². The number of unbranched alkanes of at least 4 members (excludes halogenated alkanes) is 7. The molecule has 0 aliphatic heterocycles. The van der Waals surface area contributed by atoms with Gasteiger partial charge in [0.1, 0.15) is 0 Å². The van der Waals surface area contributed by atoms with Gasteiger partial charge >= 0.3 is 5.97 Å². The summed E-state index contributed by atoms with van der Waals surface area (Å²) in [6, 6.07) is 0. The predicted molar refractivity (Wildman–Crippen MR) is 94.2 cm³/mol. The zero-order chi connectivity index (χ0) is 16.1. The van der Waals surface area contributed by atoms with Crippen molar-refractivity contribution in [2.24, 2.45) is 23.2 Å². The standard InChI is InChI=1S/C21H36O2/c1-2-3-4-5-6-7-8-9-10-23-20(22)21-14-17-11-18(15-21)13-19(12-17)16-21/h17-19H,2-16H2,1H3. The molecule has 0 aromatic carbocycles. The fraction of sp³-hybridized carbons (Fsp3) is 0.952. The lowest BCUT2D eigenvalue weighted by Crippen LogP contribution is -2.50. The highest BCUT2D eigenvalue weighted by molar-refractivity contribution is 5.77. The first kappa shape index (κ1) is 17.3. The number of hydrogen-bond donors (Lipinski definition) is 0. The first-order valence-electron chi connectivity index (χ1n) is 10.4. The van der Waals surface area contributed by atoms with E-state index in [0.717, 1.165) is 43.4 Å². The van der Waals surface area contributed by atoms with Crippen molar-refractivity contribution < 1.29 is 9.53 Å². The Balaban J connectivity index is 1.30. The molecule has 0 radical (unpaired) electrons. The van der Waals surface area contributed by atoms with E-state index in [0.29, 0.717) is 6.61 Å². The molecule has 4 saturated carbocycles. The highest BCUT2D eigenvalue weighted by Gasteiger charge is 2.55. The fourth-order valence-electron chi connectivity index (χ4n) is 5.91. The van der Waals surface area contributed by atoms with Gasteiger partial charge in [0.15, 0.2) is 0 Å². The van der Waals surface area contributed by atoms with Crippen LogP contribution in [0.25, 0.3) is 0 Å². The van der Waals surface area contributed by atoms with E-state index in [1.165, 1.54) is 64.2 Å². The van der Waals surface area contributed by atoms with Gasteiger partial charge in [-0.15, -0.1) is 0 Å². The molecule has 0 spiro atoms. The van der Waals surface area contributed by atoms with Crippen LogP contribution in [0.4, 0.5) is 0 Å². The molecule has 2 nitrogen and oxygen atoms in total. The molecule has 23 heavy (non-hydrogen) atoms. The minimum atomic E-state index is -0.0606. The smallest absolute Gasteiger partial charge is 0.312 e. The Bertz CT molecular complexity index is 352. The summed E-state index contributed by atoms with van der Waals surface area (Å²) < 4.78 is 5.73. The molecule has 4 aliphatic rings. The number of ether oxygens (including phenoxy) is 1. The second-order valence-corrected chi connectivity index (χ2v) is 8.81. The number of carbonyl (C=O) groups excluding carboxylic acids is 1. The van der Waals surface area contributed by atoms with Gasteiger partial charge in [0, 0.05) is 0 Å². The van der Waals surface area contributed by atoms with Crippen LogP contribution in [0.2, 0.25) is 0 Å². The van der Waals surface area contributed by atoms with Gasteiger partial charge < -0.3 is 4.74 Å². The molecule has 2 heteroatoms. The quantitative estimate of drug-likeness (QED) is 0.371. The number of rotatable bonds is 10. The maximum atomic E-state index is 12.7. The molecule has 132 valence electrons. The lowest BCUT2D eigenvalue weighted by atomic mass is 9.49. The second-order valence-electron chi connectivity index (χ2n) is 8.81. The third-order valence-corrected chi connectivity index (χ3v) is 6.70. The van der Waals surface area contributed by atoms with E-state index in [1.54, 1.807) is 0 Å². The summed E-state index contributed by atoms with van der Waals surface area (Å²) >= 11 is 0. The Morgan fingerprint density at radius 3 is 1.83 bits per heavy atom. The van der Waals surface area contributed by atoms with E-state index in [2.05, 4.69) is 6.92 Å². The highest BCUT2D eigenvalue weighted by atomic mass is 16.5. The van der Waals surface area contributed by atoms with Gasteiger partial charge in [-0.3, -0.25) is 4.79 Å². The monoisotopic (exact) mass is 320 g/mol. The molecule has 4 bridgehead atoms. The Labute approximate surface area is 142 Å². The van der Waals surface area contributed by atoms with Crippen molar-refractivity contribution in [2.45, 2.75) is 96.8 Å². The minimum Gasteiger partial charge on any atom is -0.465 e. The predicted octanol–water partition coefficient (Wildman–Crippen LogP) is 5.89. The Morgan fingerprint density at radius 1 is 0.826 bits per heavy atom. The van der Waals surface area contributed by atoms with Crippen LogP contribution in [-0.4, -0.2) is 12.6 Å². The van der Waals surface area contributed by atoms with Crippen LogP contribution in [0, 0.1) is 23.2 Å². The maximum Gasteiger partial charge on any atom is 0.312 e. The summed E-state index contributed by atoms with van der Waals surface area (Å²) in [7, 11) is 0. The molecule has 0 N–H and O–H groups in total. The van der Waals surface area contributed by atoms with E-state index in [9.17, 15) is 4.79 Å². The van der Waals surface area contributed by atoms with Crippen molar-refractivity contribution in [3.05, 3.63) is 0 Å².